The average molecular weight is 303 g/mol. The molecule has 1 saturated heterocycles. The fourth-order valence-electron chi connectivity index (χ4n) is 2.69. The van der Waals surface area contributed by atoms with Gasteiger partial charge < -0.3 is 20.4 Å². The molecular weight excluding hydrogens is 282 g/mol. The van der Waals surface area contributed by atoms with Gasteiger partial charge in [0.15, 0.2) is 0 Å². The molecule has 0 radical (unpaired) electrons. The third kappa shape index (κ3) is 2.92. The number of piperidine rings is 1. The molecule has 0 aliphatic carbocycles. The van der Waals surface area contributed by atoms with Crippen molar-refractivity contribution in [3.8, 4) is 6.07 Å². The Labute approximate surface area is 130 Å². The molecule has 0 unspecified atom stereocenters. The Bertz CT molecular complexity index is 579. The Hall–Kier alpha value is -2.46. The maximum absolute atomic E-state index is 12.4. The molecule has 4 N–H and O–H groups in total. The summed E-state index contributed by atoms with van der Waals surface area (Å²) in [6.07, 6.45) is 3.27. The number of dihydropyridines is 1. The van der Waals surface area contributed by atoms with E-state index in [2.05, 4.69) is 22.2 Å². The highest BCUT2D eigenvalue weighted by atomic mass is 16.5. The Morgan fingerprint density at radius 3 is 2.73 bits per heavy atom. The van der Waals surface area contributed by atoms with Crippen LogP contribution in [0, 0.1) is 11.3 Å². The van der Waals surface area contributed by atoms with Crippen molar-refractivity contribution in [3.63, 3.8) is 0 Å². The third-order valence-corrected chi connectivity index (χ3v) is 3.72. The molecule has 0 bridgehead atoms. The number of nitrogens with one attached hydrogen (secondary N) is 2. The number of carbonyl (C=O) groups excluding carboxylic acids is 1. The van der Waals surface area contributed by atoms with Crippen molar-refractivity contribution in [1.82, 2.24) is 15.6 Å². The molecule has 7 nitrogen and oxygen atoms in total. The van der Waals surface area contributed by atoms with Crippen LogP contribution in [0.1, 0.15) is 26.2 Å². The second-order valence-corrected chi connectivity index (χ2v) is 5.10. The molecule has 1 fully saturated rings. The fourth-order valence-corrected chi connectivity index (χ4v) is 2.69. The zero-order chi connectivity index (χ0) is 16.1. The molecule has 2 aliphatic rings. The maximum Gasteiger partial charge on any atom is 0.344 e. The van der Waals surface area contributed by atoms with Crippen molar-refractivity contribution in [2.75, 3.05) is 19.7 Å². The minimum Gasteiger partial charge on any atom is -0.462 e. The number of likely N-dealkylation sites (tertiary alicyclic amines) is 1. The maximum atomic E-state index is 12.4. The number of esters is 1. The molecule has 2 aliphatic heterocycles. The van der Waals surface area contributed by atoms with Crippen LogP contribution in [-0.4, -0.2) is 30.6 Å². The van der Waals surface area contributed by atoms with Crippen LogP contribution >= 0.6 is 0 Å². The highest BCUT2D eigenvalue weighted by Crippen LogP contribution is 2.28. The number of carbonyl (C=O) groups is 1. The Balaban J connectivity index is 2.54. The lowest BCUT2D eigenvalue weighted by atomic mass is 10.00. The molecule has 0 aromatic carbocycles. The molecule has 2 rings (SSSR count). The minimum atomic E-state index is -0.510. The molecule has 118 valence electrons. The highest BCUT2D eigenvalue weighted by Gasteiger charge is 2.32. The van der Waals surface area contributed by atoms with E-state index in [1.165, 1.54) is 6.42 Å². The fraction of sp³-hybridized carbons (Fsp3) is 0.467. The molecule has 0 spiro atoms. The van der Waals surface area contributed by atoms with Gasteiger partial charge in [0.2, 0.25) is 0 Å². The van der Waals surface area contributed by atoms with Crippen molar-refractivity contribution in [3.05, 3.63) is 34.9 Å². The smallest absolute Gasteiger partial charge is 0.344 e. The second kappa shape index (κ2) is 7.00. The summed E-state index contributed by atoms with van der Waals surface area (Å²) in [5, 5.41) is 12.4. The number of hydrogen-bond donors (Lipinski definition) is 3. The van der Waals surface area contributed by atoms with Gasteiger partial charge in [-0.05, 0) is 26.2 Å². The van der Waals surface area contributed by atoms with Gasteiger partial charge in [-0.3, -0.25) is 5.84 Å². The van der Waals surface area contributed by atoms with E-state index in [4.69, 9.17) is 10.6 Å². The summed E-state index contributed by atoms with van der Waals surface area (Å²) >= 11 is 0. The number of ether oxygens (including phenoxy) is 1. The summed E-state index contributed by atoms with van der Waals surface area (Å²) in [4.78, 5) is 14.4. The Morgan fingerprint density at radius 2 is 2.18 bits per heavy atom. The van der Waals surface area contributed by atoms with Gasteiger partial charge in [0.05, 0.1) is 18.0 Å². The molecule has 0 aromatic rings. The number of nitriles is 1. The van der Waals surface area contributed by atoms with Gasteiger partial charge in [0.1, 0.15) is 23.0 Å². The summed E-state index contributed by atoms with van der Waals surface area (Å²) in [6.45, 7) is 7.49. The van der Waals surface area contributed by atoms with Crippen molar-refractivity contribution in [2.45, 2.75) is 26.2 Å². The van der Waals surface area contributed by atoms with E-state index in [1.54, 1.807) is 6.92 Å². The van der Waals surface area contributed by atoms with E-state index in [9.17, 15) is 10.1 Å². The Morgan fingerprint density at radius 1 is 1.50 bits per heavy atom. The standard InChI is InChI=1S/C15H21N5O2/c1-3-22-15(21)12-13(19-17)11(9-16)10(2)18-14(12)20-7-5-4-6-8-20/h18-19H,2-8,17H2,1H3. The number of nitrogens with zero attached hydrogens (tertiary/aromatic N) is 2. The minimum absolute atomic E-state index is 0.214. The molecule has 0 amide bonds. The number of allylic oxidation sites excluding steroid dienone is 1. The van der Waals surface area contributed by atoms with Crippen molar-refractivity contribution < 1.29 is 9.53 Å². The topological polar surface area (TPSA) is 103 Å². The third-order valence-electron chi connectivity index (χ3n) is 3.72. The lowest BCUT2D eigenvalue weighted by Crippen LogP contribution is -2.43. The van der Waals surface area contributed by atoms with Crippen LogP contribution in [0.3, 0.4) is 0 Å². The summed E-state index contributed by atoms with van der Waals surface area (Å²) in [5.74, 6) is 5.66. The SMILES string of the molecule is C=C1NC(N2CCCCC2)=C(C(=O)OCC)C(NN)=C1C#N. The van der Waals surface area contributed by atoms with Gasteiger partial charge >= 0.3 is 5.97 Å². The van der Waals surface area contributed by atoms with Gasteiger partial charge in [-0.25, -0.2) is 4.79 Å². The largest absolute Gasteiger partial charge is 0.462 e. The Kier molecular flexibility index (Phi) is 5.07. The summed E-state index contributed by atoms with van der Waals surface area (Å²) in [5.41, 5.74) is 3.61. The summed E-state index contributed by atoms with van der Waals surface area (Å²) < 4.78 is 5.13. The average Bonchev–Trinajstić information content (AvgIpc) is 2.54. The summed E-state index contributed by atoms with van der Waals surface area (Å²) in [6, 6.07) is 2.02. The predicted octanol–water partition coefficient (Wildman–Crippen LogP) is 0.605. The van der Waals surface area contributed by atoms with Gasteiger partial charge in [0, 0.05) is 13.1 Å². The number of rotatable bonds is 4. The molecule has 7 heteroatoms. The first-order valence-electron chi connectivity index (χ1n) is 7.38. The van der Waals surface area contributed by atoms with Crippen molar-refractivity contribution in [2.24, 2.45) is 5.84 Å². The zero-order valence-electron chi connectivity index (χ0n) is 12.7. The monoisotopic (exact) mass is 303 g/mol. The number of hydrazine groups is 1. The molecular formula is C15H21N5O2. The van der Waals surface area contributed by atoms with Crippen LogP contribution in [0.15, 0.2) is 34.9 Å². The van der Waals surface area contributed by atoms with E-state index in [-0.39, 0.29) is 23.5 Å². The number of hydrogen-bond acceptors (Lipinski definition) is 7. The molecule has 22 heavy (non-hydrogen) atoms. The van der Waals surface area contributed by atoms with Gasteiger partial charge in [-0.1, -0.05) is 6.58 Å². The van der Waals surface area contributed by atoms with Crippen LogP contribution < -0.4 is 16.6 Å². The first-order chi connectivity index (χ1) is 10.6. The summed E-state index contributed by atoms with van der Waals surface area (Å²) in [7, 11) is 0. The van der Waals surface area contributed by atoms with E-state index < -0.39 is 5.97 Å². The highest BCUT2D eigenvalue weighted by molar-refractivity contribution is 5.95. The van der Waals surface area contributed by atoms with E-state index in [1.807, 2.05) is 6.07 Å². The molecule has 0 saturated carbocycles. The van der Waals surface area contributed by atoms with Crippen LogP contribution in [0.25, 0.3) is 0 Å². The lowest BCUT2D eigenvalue weighted by Gasteiger charge is -2.35. The number of nitrogens with two attached hydrogens (primary N) is 1. The van der Waals surface area contributed by atoms with E-state index in [0.717, 1.165) is 25.9 Å². The van der Waals surface area contributed by atoms with Crippen LogP contribution in [0.5, 0.6) is 0 Å². The van der Waals surface area contributed by atoms with Crippen molar-refractivity contribution in [1.29, 1.82) is 5.26 Å². The van der Waals surface area contributed by atoms with Gasteiger partial charge in [0.25, 0.3) is 0 Å². The second-order valence-electron chi connectivity index (χ2n) is 5.10. The normalized spacial score (nSPS) is 18.8. The van der Waals surface area contributed by atoms with Crippen LogP contribution in [-0.2, 0) is 9.53 Å². The molecule has 2 heterocycles. The predicted molar refractivity (Wildman–Crippen MR) is 81.3 cm³/mol. The zero-order valence-corrected chi connectivity index (χ0v) is 12.7. The van der Waals surface area contributed by atoms with Crippen LogP contribution in [0.4, 0.5) is 0 Å². The van der Waals surface area contributed by atoms with Gasteiger partial charge in [-0.15, -0.1) is 0 Å². The van der Waals surface area contributed by atoms with Crippen molar-refractivity contribution >= 4 is 5.97 Å². The van der Waals surface area contributed by atoms with E-state index in [0.29, 0.717) is 11.5 Å². The lowest BCUT2D eigenvalue weighted by molar-refractivity contribution is -0.138. The quantitative estimate of drug-likeness (QED) is 0.397. The van der Waals surface area contributed by atoms with Gasteiger partial charge in [-0.2, -0.15) is 5.26 Å². The first kappa shape index (κ1) is 15.9. The van der Waals surface area contributed by atoms with Crippen LogP contribution in [0.2, 0.25) is 0 Å². The first-order valence-corrected chi connectivity index (χ1v) is 7.38. The molecule has 0 aromatic heterocycles. The van der Waals surface area contributed by atoms with E-state index >= 15 is 0 Å². The molecule has 0 atom stereocenters.